The molecule has 13 heavy (non-hydrogen) atoms. The normalized spacial score (nSPS) is 21.8. The number of ether oxygens (including phenoxy) is 1. The molecule has 1 aliphatic heterocycles. The van der Waals surface area contributed by atoms with Gasteiger partial charge in [-0.25, -0.2) is 0 Å². The lowest BCUT2D eigenvalue weighted by atomic mass is 10.3. The number of rotatable bonds is 1. The second-order valence-corrected chi connectivity index (χ2v) is 2.87. The van der Waals surface area contributed by atoms with E-state index in [-0.39, 0.29) is 12.0 Å². The molecular formula is C10H21NO2. The third-order valence-electron chi connectivity index (χ3n) is 1.90. The zero-order chi connectivity index (χ0) is 10.3. The molecule has 3 heteroatoms. The van der Waals surface area contributed by atoms with Crippen LogP contribution in [0.4, 0.5) is 0 Å². The number of morpholine rings is 1. The van der Waals surface area contributed by atoms with E-state index in [0.717, 1.165) is 13.1 Å². The Balaban J connectivity index is 0.000000671. The number of amides is 1. The molecule has 1 fully saturated rings. The number of hydrogen-bond donors (Lipinski definition) is 0. The monoisotopic (exact) mass is 187 g/mol. The summed E-state index contributed by atoms with van der Waals surface area (Å²) in [5.41, 5.74) is 0. The Morgan fingerprint density at radius 2 is 2.15 bits per heavy atom. The Labute approximate surface area is 81.1 Å². The van der Waals surface area contributed by atoms with Crippen LogP contribution in [-0.2, 0) is 9.53 Å². The highest BCUT2D eigenvalue weighted by molar-refractivity contribution is 5.75. The van der Waals surface area contributed by atoms with Crippen molar-refractivity contribution in [2.75, 3.05) is 19.7 Å². The third-order valence-corrected chi connectivity index (χ3v) is 1.90. The van der Waals surface area contributed by atoms with Crippen LogP contribution in [0.15, 0.2) is 0 Å². The van der Waals surface area contributed by atoms with E-state index in [9.17, 15) is 4.79 Å². The molecule has 1 saturated heterocycles. The molecule has 78 valence electrons. The van der Waals surface area contributed by atoms with E-state index in [4.69, 9.17) is 4.74 Å². The Bertz CT molecular complexity index is 148. The quantitative estimate of drug-likeness (QED) is 0.625. The van der Waals surface area contributed by atoms with E-state index in [2.05, 4.69) is 0 Å². The predicted octanol–water partition coefficient (Wildman–Crippen LogP) is 1.67. The van der Waals surface area contributed by atoms with Gasteiger partial charge in [0.05, 0.1) is 12.7 Å². The summed E-state index contributed by atoms with van der Waals surface area (Å²) in [5, 5.41) is 0. The highest BCUT2D eigenvalue weighted by atomic mass is 16.5. The van der Waals surface area contributed by atoms with Gasteiger partial charge in [-0.1, -0.05) is 20.8 Å². The van der Waals surface area contributed by atoms with Crippen molar-refractivity contribution < 1.29 is 9.53 Å². The molecule has 0 spiro atoms. The van der Waals surface area contributed by atoms with Gasteiger partial charge in [-0.05, 0) is 6.92 Å². The number of carbonyl (C=O) groups excluding carboxylic acids is 1. The summed E-state index contributed by atoms with van der Waals surface area (Å²) in [6.45, 7) is 10.1. The van der Waals surface area contributed by atoms with Crippen molar-refractivity contribution in [3.63, 3.8) is 0 Å². The topological polar surface area (TPSA) is 29.5 Å². The van der Waals surface area contributed by atoms with E-state index < -0.39 is 0 Å². The van der Waals surface area contributed by atoms with Gasteiger partial charge < -0.3 is 9.64 Å². The van der Waals surface area contributed by atoms with Crippen LogP contribution in [0.1, 0.15) is 34.1 Å². The van der Waals surface area contributed by atoms with Crippen molar-refractivity contribution in [1.82, 2.24) is 4.90 Å². The Hall–Kier alpha value is -0.570. The summed E-state index contributed by atoms with van der Waals surface area (Å²) < 4.78 is 5.31. The van der Waals surface area contributed by atoms with Crippen molar-refractivity contribution in [3.8, 4) is 0 Å². The maximum atomic E-state index is 11.2. The second kappa shape index (κ2) is 6.89. The van der Waals surface area contributed by atoms with Crippen molar-refractivity contribution in [3.05, 3.63) is 0 Å². The standard InChI is InChI=1S/C8H15NO2.C2H6/c1-3-8(10)9-4-5-11-7(2)6-9;1-2/h7H,3-6H2,1-2H3;1-2H3. The summed E-state index contributed by atoms with van der Waals surface area (Å²) in [6, 6.07) is 0. The first-order valence-electron chi connectivity index (χ1n) is 5.13. The van der Waals surface area contributed by atoms with E-state index in [0.29, 0.717) is 13.0 Å². The van der Waals surface area contributed by atoms with Crippen LogP contribution < -0.4 is 0 Å². The van der Waals surface area contributed by atoms with Crippen molar-refractivity contribution in [2.24, 2.45) is 0 Å². The highest BCUT2D eigenvalue weighted by Gasteiger charge is 2.19. The van der Waals surface area contributed by atoms with Crippen LogP contribution in [0.25, 0.3) is 0 Å². The largest absolute Gasteiger partial charge is 0.375 e. The Morgan fingerprint density at radius 1 is 1.54 bits per heavy atom. The molecule has 0 aromatic carbocycles. The van der Waals surface area contributed by atoms with E-state index in [1.54, 1.807) is 0 Å². The minimum Gasteiger partial charge on any atom is -0.375 e. The molecule has 1 unspecified atom stereocenters. The maximum absolute atomic E-state index is 11.2. The van der Waals surface area contributed by atoms with Gasteiger partial charge in [-0.3, -0.25) is 4.79 Å². The summed E-state index contributed by atoms with van der Waals surface area (Å²) in [6.07, 6.45) is 0.812. The Kier molecular flexibility index (Phi) is 6.59. The lowest BCUT2D eigenvalue weighted by Crippen LogP contribution is -2.44. The van der Waals surface area contributed by atoms with E-state index >= 15 is 0 Å². The lowest BCUT2D eigenvalue weighted by Gasteiger charge is -2.30. The van der Waals surface area contributed by atoms with E-state index in [1.807, 2.05) is 32.6 Å². The van der Waals surface area contributed by atoms with Gasteiger partial charge in [-0.2, -0.15) is 0 Å². The van der Waals surface area contributed by atoms with E-state index in [1.165, 1.54) is 0 Å². The van der Waals surface area contributed by atoms with Crippen LogP contribution in [-0.4, -0.2) is 36.6 Å². The van der Waals surface area contributed by atoms with Crippen LogP contribution >= 0.6 is 0 Å². The van der Waals surface area contributed by atoms with Gasteiger partial charge in [0.25, 0.3) is 0 Å². The molecule has 0 N–H and O–H groups in total. The minimum atomic E-state index is 0.208. The van der Waals surface area contributed by atoms with Gasteiger partial charge in [0, 0.05) is 19.5 Å². The zero-order valence-corrected chi connectivity index (χ0v) is 9.17. The van der Waals surface area contributed by atoms with Crippen molar-refractivity contribution in [2.45, 2.75) is 40.2 Å². The van der Waals surface area contributed by atoms with Gasteiger partial charge in [0.1, 0.15) is 0 Å². The fourth-order valence-corrected chi connectivity index (χ4v) is 1.27. The van der Waals surface area contributed by atoms with Crippen LogP contribution in [0.3, 0.4) is 0 Å². The first-order valence-corrected chi connectivity index (χ1v) is 5.13. The average molecular weight is 187 g/mol. The number of nitrogens with zero attached hydrogens (tertiary/aromatic N) is 1. The highest BCUT2D eigenvalue weighted by Crippen LogP contribution is 2.05. The molecule has 1 heterocycles. The van der Waals surface area contributed by atoms with Crippen LogP contribution in [0, 0.1) is 0 Å². The smallest absolute Gasteiger partial charge is 0.222 e. The van der Waals surface area contributed by atoms with Crippen LogP contribution in [0.2, 0.25) is 0 Å². The summed E-state index contributed by atoms with van der Waals surface area (Å²) in [7, 11) is 0. The minimum absolute atomic E-state index is 0.208. The zero-order valence-electron chi connectivity index (χ0n) is 9.17. The van der Waals surface area contributed by atoms with Gasteiger partial charge in [0.2, 0.25) is 5.91 Å². The summed E-state index contributed by atoms with van der Waals surface area (Å²) >= 11 is 0. The molecule has 0 radical (unpaired) electrons. The fourth-order valence-electron chi connectivity index (χ4n) is 1.27. The number of hydrogen-bond acceptors (Lipinski definition) is 2. The molecule has 0 aromatic heterocycles. The fraction of sp³-hybridized carbons (Fsp3) is 0.900. The number of carbonyl (C=O) groups is 1. The molecule has 1 aliphatic rings. The lowest BCUT2D eigenvalue weighted by molar-refractivity contribution is -0.137. The Morgan fingerprint density at radius 3 is 2.62 bits per heavy atom. The summed E-state index contributed by atoms with van der Waals surface area (Å²) in [5.74, 6) is 0.236. The maximum Gasteiger partial charge on any atom is 0.222 e. The first kappa shape index (κ1) is 12.4. The van der Waals surface area contributed by atoms with Gasteiger partial charge in [0.15, 0.2) is 0 Å². The SMILES string of the molecule is CC.CCC(=O)N1CCOC(C)C1. The van der Waals surface area contributed by atoms with Crippen molar-refractivity contribution in [1.29, 1.82) is 0 Å². The van der Waals surface area contributed by atoms with Gasteiger partial charge in [-0.15, -0.1) is 0 Å². The van der Waals surface area contributed by atoms with Gasteiger partial charge >= 0.3 is 0 Å². The molecule has 1 atom stereocenters. The molecule has 0 bridgehead atoms. The third kappa shape index (κ3) is 4.27. The predicted molar refractivity (Wildman–Crippen MR) is 53.6 cm³/mol. The molecule has 0 aromatic rings. The molecule has 1 rings (SSSR count). The molecule has 1 amide bonds. The molecule has 3 nitrogen and oxygen atoms in total. The molecule has 0 aliphatic carbocycles. The average Bonchev–Trinajstić information content (AvgIpc) is 2.20. The molecule has 0 saturated carbocycles. The summed E-state index contributed by atoms with van der Waals surface area (Å²) in [4.78, 5) is 13.1. The van der Waals surface area contributed by atoms with Crippen molar-refractivity contribution >= 4 is 5.91 Å². The van der Waals surface area contributed by atoms with Crippen LogP contribution in [0.5, 0.6) is 0 Å². The molecular weight excluding hydrogens is 166 g/mol. The first-order chi connectivity index (χ1) is 6.24. The second-order valence-electron chi connectivity index (χ2n) is 2.87.